The average Bonchev–Trinajstić information content (AvgIpc) is 2.88. The summed E-state index contributed by atoms with van der Waals surface area (Å²) in [5.41, 5.74) is 2.15. The molecule has 2 aromatic rings. The molecule has 0 unspecified atom stereocenters. The van der Waals surface area contributed by atoms with Gasteiger partial charge in [0.05, 0.1) is 0 Å². The molecule has 1 aromatic heterocycles. The Morgan fingerprint density at radius 2 is 2.18 bits per heavy atom. The van der Waals surface area contributed by atoms with Crippen LogP contribution in [0.15, 0.2) is 41.1 Å². The summed E-state index contributed by atoms with van der Waals surface area (Å²) in [7, 11) is 0. The number of hydrogen-bond acceptors (Lipinski definition) is 4. The van der Waals surface area contributed by atoms with Gasteiger partial charge in [0.1, 0.15) is 11.8 Å². The molecule has 2 rings (SSSR count). The topological polar surface area (TPSA) is 45.0 Å². The van der Waals surface area contributed by atoms with Crippen LogP contribution in [0.3, 0.4) is 0 Å². The second-order valence-corrected chi connectivity index (χ2v) is 4.20. The largest absolute Gasteiger partial charge is 0.478 e. The summed E-state index contributed by atoms with van der Waals surface area (Å²) in [6.45, 7) is 0.772. The molecular formula is C13H12N2OS. The fourth-order valence-electron chi connectivity index (χ4n) is 1.46. The van der Waals surface area contributed by atoms with Gasteiger partial charge < -0.3 is 10.1 Å². The molecule has 0 atom stereocenters. The van der Waals surface area contributed by atoms with Crippen LogP contribution in [0.1, 0.15) is 5.56 Å². The number of hydrogen-bond donors (Lipinski definition) is 1. The molecule has 0 saturated carbocycles. The van der Waals surface area contributed by atoms with Crippen molar-refractivity contribution in [2.24, 2.45) is 0 Å². The zero-order chi connectivity index (χ0) is 11.9. The lowest BCUT2D eigenvalue weighted by Crippen LogP contribution is -2.02. The van der Waals surface area contributed by atoms with E-state index in [2.05, 4.69) is 10.7 Å². The monoisotopic (exact) mass is 244 g/mol. The zero-order valence-electron chi connectivity index (χ0n) is 9.22. The van der Waals surface area contributed by atoms with Gasteiger partial charge in [-0.2, -0.15) is 16.6 Å². The van der Waals surface area contributed by atoms with Gasteiger partial charge >= 0.3 is 0 Å². The molecule has 86 valence electrons. The smallest absolute Gasteiger partial charge is 0.174 e. The summed E-state index contributed by atoms with van der Waals surface area (Å²) >= 11 is 1.66. The Balaban J connectivity index is 2.02. The number of nitrogens with one attached hydrogen (secondary N) is 1. The molecule has 0 fully saturated rings. The van der Waals surface area contributed by atoms with Crippen LogP contribution in [0.2, 0.25) is 0 Å². The summed E-state index contributed by atoms with van der Waals surface area (Å²) < 4.78 is 5.36. The molecule has 0 aliphatic rings. The van der Waals surface area contributed by atoms with Gasteiger partial charge in [0, 0.05) is 23.2 Å². The van der Waals surface area contributed by atoms with Crippen molar-refractivity contribution in [3.8, 4) is 11.8 Å². The Morgan fingerprint density at radius 1 is 1.29 bits per heavy atom. The molecule has 1 N–H and O–H groups in total. The molecular weight excluding hydrogens is 232 g/mol. The van der Waals surface area contributed by atoms with E-state index in [1.807, 2.05) is 41.8 Å². The molecule has 0 aliphatic heterocycles. The second-order valence-electron chi connectivity index (χ2n) is 3.42. The van der Waals surface area contributed by atoms with E-state index >= 15 is 0 Å². The van der Waals surface area contributed by atoms with E-state index in [0.29, 0.717) is 6.54 Å². The second kappa shape index (κ2) is 5.92. The number of rotatable bonds is 5. The standard InChI is InChI=1S/C13H12N2OS/c14-6-7-16-13-4-2-1-3-11(13)9-15-12-5-8-17-10-12/h1-5,8,10,15H,7,9H2. The summed E-state index contributed by atoms with van der Waals surface area (Å²) in [4.78, 5) is 0. The minimum Gasteiger partial charge on any atom is -0.478 e. The highest BCUT2D eigenvalue weighted by Gasteiger charge is 2.02. The fraction of sp³-hybridized carbons (Fsp3) is 0.154. The molecule has 1 heterocycles. The third-order valence-corrected chi connectivity index (χ3v) is 2.95. The molecule has 0 aliphatic carbocycles. The van der Waals surface area contributed by atoms with Crippen LogP contribution in [0.5, 0.6) is 5.75 Å². The van der Waals surface area contributed by atoms with E-state index < -0.39 is 0 Å². The van der Waals surface area contributed by atoms with Crippen molar-refractivity contribution >= 4 is 17.0 Å². The van der Waals surface area contributed by atoms with E-state index in [-0.39, 0.29) is 6.61 Å². The Labute approximate surface area is 104 Å². The van der Waals surface area contributed by atoms with Gasteiger partial charge in [0.2, 0.25) is 0 Å². The van der Waals surface area contributed by atoms with E-state index in [9.17, 15) is 0 Å². The van der Waals surface area contributed by atoms with Crippen molar-refractivity contribution in [1.29, 1.82) is 5.26 Å². The van der Waals surface area contributed by atoms with Gasteiger partial charge in [-0.05, 0) is 17.5 Å². The van der Waals surface area contributed by atoms with Crippen LogP contribution in [-0.4, -0.2) is 6.61 Å². The predicted molar refractivity (Wildman–Crippen MR) is 69.2 cm³/mol. The molecule has 0 bridgehead atoms. The average molecular weight is 244 g/mol. The molecule has 0 spiro atoms. The van der Waals surface area contributed by atoms with Crippen molar-refractivity contribution < 1.29 is 4.74 Å². The highest BCUT2D eigenvalue weighted by atomic mass is 32.1. The number of nitriles is 1. The first kappa shape index (κ1) is 11.5. The summed E-state index contributed by atoms with van der Waals surface area (Å²) in [5.74, 6) is 0.761. The SMILES string of the molecule is N#CCOc1ccccc1CNc1ccsc1. The van der Waals surface area contributed by atoms with Crippen LogP contribution >= 0.6 is 11.3 Å². The first-order chi connectivity index (χ1) is 8.40. The van der Waals surface area contributed by atoms with Gasteiger partial charge in [0.25, 0.3) is 0 Å². The number of nitrogens with zero attached hydrogens (tertiary/aromatic N) is 1. The Hall–Kier alpha value is -1.99. The van der Waals surface area contributed by atoms with Crippen molar-refractivity contribution in [1.82, 2.24) is 0 Å². The van der Waals surface area contributed by atoms with Crippen LogP contribution in [0.25, 0.3) is 0 Å². The number of thiophene rings is 1. The van der Waals surface area contributed by atoms with Crippen LogP contribution < -0.4 is 10.1 Å². The molecule has 17 heavy (non-hydrogen) atoms. The zero-order valence-corrected chi connectivity index (χ0v) is 10.0. The molecule has 1 aromatic carbocycles. The number of ether oxygens (including phenoxy) is 1. The number of anilines is 1. The van der Waals surface area contributed by atoms with E-state index in [1.54, 1.807) is 11.3 Å². The number of para-hydroxylation sites is 1. The Kier molecular flexibility index (Phi) is 4.00. The lowest BCUT2D eigenvalue weighted by Gasteiger charge is -2.09. The van der Waals surface area contributed by atoms with Gasteiger partial charge in [-0.15, -0.1) is 0 Å². The first-order valence-corrected chi connectivity index (χ1v) is 6.18. The van der Waals surface area contributed by atoms with E-state index in [4.69, 9.17) is 10.00 Å². The summed E-state index contributed by atoms with van der Waals surface area (Å²) in [5, 5.41) is 15.9. The van der Waals surface area contributed by atoms with Gasteiger partial charge in [0.15, 0.2) is 6.61 Å². The normalized spacial score (nSPS) is 9.59. The molecule has 0 radical (unpaired) electrons. The van der Waals surface area contributed by atoms with E-state index in [1.165, 1.54) is 0 Å². The minimum absolute atomic E-state index is 0.0788. The lowest BCUT2D eigenvalue weighted by atomic mass is 10.2. The van der Waals surface area contributed by atoms with Crippen LogP contribution in [0.4, 0.5) is 5.69 Å². The molecule has 0 saturated heterocycles. The molecule has 0 amide bonds. The summed E-state index contributed by atoms with van der Waals surface area (Å²) in [6.07, 6.45) is 0. The van der Waals surface area contributed by atoms with Crippen molar-refractivity contribution in [2.45, 2.75) is 6.54 Å². The predicted octanol–water partition coefficient (Wildman–Crippen LogP) is 3.26. The first-order valence-electron chi connectivity index (χ1n) is 5.24. The van der Waals surface area contributed by atoms with Gasteiger partial charge in [-0.1, -0.05) is 18.2 Å². The quantitative estimate of drug-likeness (QED) is 0.878. The van der Waals surface area contributed by atoms with Crippen molar-refractivity contribution in [3.05, 3.63) is 46.7 Å². The fourth-order valence-corrected chi connectivity index (χ4v) is 2.08. The Morgan fingerprint density at radius 3 is 2.94 bits per heavy atom. The van der Waals surface area contributed by atoms with Crippen LogP contribution in [-0.2, 0) is 6.54 Å². The van der Waals surface area contributed by atoms with Gasteiger partial charge in [-0.3, -0.25) is 0 Å². The maximum absolute atomic E-state index is 8.51. The highest BCUT2D eigenvalue weighted by molar-refractivity contribution is 7.08. The van der Waals surface area contributed by atoms with Crippen molar-refractivity contribution in [2.75, 3.05) is 11.9 Å². The molecule has 3 nitrogen and oxygen atoms in total. The minimum atomic E-state index is 0.0788. The third kappa shape index (κ3) is 3.23. The van der Waals surface area contributed by atoms with Gasteiger partial charge in [-0.25, -0.2) is 0 Å². The third-order valence-electron chi connectivity index (χ3n) is 2.27. The highest BCUT2D eigenvalue weighted by Crippen LogP contribution is 2.20. The lowest BCUT2D eigenvalue weighted by molar-refractivity contribution is 0.364. The van der Waals surface area contributed by atoms with Crippen LogP contribution in [0, 0.1) is 11.3 Å². The Bertz CT molecular complexity index is 502. The van der Waals surface area contributed by atoms with Crippen molar-refractivity contribution in [3.63, 3.8) is 0 Å². The molecule has 4 heteroatoms. The number of benzene rings is 1. The maximum Gasteiger partial charge on any atom is 0.174 e. The summed E-state index contributed by atoms with van der Waals surface area (Å²) in [6, 6.07) is 11.7. The van der Waals surface area contributed by atoms with E-state index in [0.717, 1.165) is 17.0 Å². The maximum atomic E-state index is 8.51.